The molecule has 5 nitrogen and oxygen atoms in total. The molecule has 1 atom stereocenters. The lowest BCUT2D eigenvalue weighted by atomic mass is 10.1. The van der Waals surface area contributed by atoms with Crippen molar-refractivity contribution < 1.29 is 18.7 Å². The molecule has 0 aliphatic carbocycles. The molecule has 0 N–H and O–H groups in total. The number of thioether (sulfide) groups is 1. The highest BCUT2D eigenvalue weighted by molar-refractivity contribution is 7.99. The van der Waals surface area contributed by atoms with Crippen LogP contribution in [0, 0.1) is 0 Å². The number of furan rings is 1. The fourth-order valence-corrected chi connectivity index (χ4v) is 3.75. The molecule has 4 rings (SSSR count). The molecule has 3 heterocycles. The Morgan fingerprint density at radius 1 is 1.24 bits per heavy atom. The smallest absolute Gasteiger partial charge is 0.255 e. The molecule has 1 saturated heterocycles. The van der Waals surface area contributed by atoms with Crippen molar-refractivity contribution in [2.45, 2.75) is 5.37 Å². The number of rotatable bonds is 2. The van der Waals surface area contributed by atoms with Gasteiger partial charge in [0.1, 0.15) is 11.1 Å². The number of carbonyl (C=O) groups is 1. The van der Waals surface area contributed by atoms with Crippen LogP contribution in [-0.4, -0.2) is 29.9 Å². The van der Waals surface area contributed by atoms with Gasteiger partial charge in [0, 0.05) is 17.9 Å². The van der Waals surface area contributed by atoms with E-state index in [0.717, 1.165) is 11.5 Å². The van der Waals surface area contributed by atoms with Crippen LogP contribution in [0.2, 0.25) is 0 Å². The van der Waals surface area contributed by atoms with Crippen molar-refractivity contribution >= 4 is 17.7 Å². The predicted molar refractivity (Wildman–Crippen MR) is 77.5 cm³/mol. The fraction of sp³-hybridized carbons (Fsp3) is 0.267. The lowest BCUT2D eigenvalue weighted by molar-refractivity contribution is 0.0749. The molecule has 1 aromatic heterocycles. The normalized spacial score (nSPS) is 20.0. The van der Waals surface area contributed by atoms with E-state index >= 15 is 0 Å². The summed E-state index contributed by atoms with van der Waals surface area (Å²) in [4.78, 5) is 14.6. The number of ether oxygens (including phenoxy) is 2. The number of benzene rings is 1. The predicted octanol–water partition coefficient (Wildman–Crippen LogP) is 2.90. The number of hydrogen-bond donors (Lipinski definition) is 0. The minimum atomic E-state index is -0.0575. The molecule has 0 spiro atoms. The molecule has 1 amide bonds. The summed E-state index contributed by atoms with van der Waals surface area (Å²) in [6.45, 7) is 0.922. The van der Waals surface area contributed by atoms with Crippen LogP contribution >= 0.6 is 11.8 Å². The summed E-state index contributed by atoms with van der Waals surface area (Å²) in [6, 6.07) is 9.05. The minimum absolute atomic E-state index is 0.0142. The van der Waals surface area contributed by atoms with Crippen molar-refractivity contribution in [3.05, 3.63) is 47.9 Å². The Kier molecular flexibility index (Phi) is 3.03. The van der Waals surface area contributed by atoms with E-state index < -0.39 is 0 Å². The van der Waals surface area contributed by atoms with E-state index in [1.54, 1.807) is 36.2 Å². The van der Waals surface area contributed by atoms with E-state index in [2.05, 4.69) is 0 Å². The lowest BCUT2D eigenvalue weighted by Gasteiger charge is -2.22. The monoisotopic (exact) mass is 303 g/mol. The van der Waals surface area contributed by atoms with Gasteiger partial charge in [0.15, 0.2) is 11.5 Å². The summed E-state index contributed by atoms with van der Waals surface area (Å²) in [5.41, 5.74) is 0.610. The van der Waals surface area contributed by atoms with E-state index in [0.29, 0.717) is 23.6 Å². The molecule has 21 heavy (non-hydrogen) atoms. The molecule has 2 aliphatic heterocycles. The van der Waals surface area contributed by atoms with Crippen molar-refractivity contribution in [1.82, 2.24) is 4.90 Å². The number of fused-ring (bicyclic) bond motifs is 1. The zero-order valence-corrected chi connectivity index (χ0v) is 12.0. The molecule has 1 unspecified atom stereocenters. The average Bonchev–Trinajstić information content (AvgIpc) is 3.24. The second-order valence-electron chi connectivity index (χ2n) is 4.81. The molecule has 0 bridgehead atoms. The van der Waals surface area contributed by atoms with Gasteiger partial charge >= 0.3 is 0 Å². The van der Waals surface area contributed by atoms with Gasteiger partial charge in [0.2, 0.25) is 6.79 Å². The summed E-state index contributed by atoms with van der Waals surface area (Å²) >= 11 is 1.71. The molecule has 0 saturated carbocycles. The van der Waals surface area contributed by atoms with Crippen molar-refractivity contribution in [3.8, 4) is 11.5 Å². The van der Waals surface area contributed by atoms with E-state index in [-0.39, 0.29) is 18.1 Å². The van der Waals surface area contributed by atoms with Gasteiger partial charge in [-0.25, -0.2) is 0 Å². The number of amides is 1. The van der Waals surface area contributed by atoms with E-state index in [9.17, 15) is 4.79 Å². The molecule has 108 valence electrons. The maximum absolute atomic E-state index is 12.7. The number of nitrogens with zero attached hydrogens (tertiary/aromatic N) is 1. The largest absolute Gasteiger partial charge is 0.466 e. The van der Waals surface area contributed by atoms with Crippen LogP contribution in [0.1, 0.15) is 21.5 Å². The van der Waals surface area contributed by atoms with Gasteiger partial charge in [-0.05, 0) is 30.3 Å². The van der Waals surface area contributed by atoms with Crippen LogP contribution in [0.3, 0.4) is 0 Å². The summed E-state index contributed by atoms with van der Waals surface area (Å²) in [5, 5.41) is -0.0575. The Morgan fingerprint density at radius 2 is 2.14 bits per heavy atom. The highest BCUT2D eigenvalue weighted by atomic mass is 32.2. The Balaban J connectivity index is 1.62. The highest BCUT2D eigenvalue weighted by Gasteiger charge is 2.33. The molecule has 1 fully saturated rings. The summed E-state index contributed by atoms with van der Waals surface area (Å²) < 4.78 is 16.1. The maximum Gasteiger partial charge on any atom is 0.255 e. The zero-order chi connectivity index (χ0) is 14.2. The van der Waals surface area contributed by atoms with Gasteiger partial charge in [0.25, 0.3) is 5.91 Å². The molecular weight excluding hydrogens is 290 g/mol. The minimum Gasteiger partial charge on any atom is -0.466 e. The molecular formula is C15H13NO4S. The lowest BCUT2D eigenvalue weighted by Crippen LogP contribution is -2.30. The van der Waals surface area contributed by atoms with Gasteiger partial charge in [-0.15, -0.1) is 11.8 Å². The molecule has 2 aliphatic rings. The second kappa shape index (κ2) is 5.04. The van der Waals surface area contributed by atoms with Crippen molar-refractivity contribution in [1.29, 1.82) is 0 Å². The Morgan fingerprint density at radius 3 is 3.00 bits per heavy atom. The Hall–Kier alpha value is -2.08. The van der Waals surface area contributed by atoms with E-state index in [4.69, 9.17) is 13.9 Å². The molecule has 1 aromatic carbocycles. The van der Waals surface area contributed by atoms with E-state index in [1.807, 2.05) is 17.0 Å². The van der Waals surface area contributed by atoms with Crippen LogP contribution < -0.4 is 9.47 Å². The Labute approximate surface area is 125 Å². The van der Waals surface area contributed by atoms with Crippen LogP contribution in [0.15, 0.2) is 41.0 Å². The standard InChI is InChI=1S/C15H13NO4S/c17-14(10-3-4-11-13(8-10)20-9-19-11)16-5-7-21-15(16)12-2-1-6-18-12/h1-4,6,8,15H,5,7,9H2. The van der Waals surface area contributed by atoms with Gasteiger partial charge in [-0.2, -0.15) is 0 Å². The van der Waals surface area contributed by atoms with Crippen LogP contribution in [0.25, 0.3) is 0 Å². The number of carbonyl (C=O) groups excluding carboxylic acids is 1. The van der Waals surface area contributed by atoms with Crippen molar-refractivity contribution in [2.75, 3.05) is 19.1 Å². The van der Waals surface area contributed by atoms with Gasteiger partial charge in [-0.3, -0.25) is 4.79 Å². The first-order valence-corrected chi connectivity index (χ1v) is 7.73. The van der Waals surface area contributed by atoms with Crippen LogP contribution in [0.4, 0.5) is 0 Å². The van der Waals surface area contributed by atoms with Crippen LogP contribution in [-0.2, 0) is 0 Å². The maximum atomic E-state index is 12.7. The summed E-state index contributed by atoms with van der Waals surface area (Å²) in [7, 11) is 0. The van der Waals surface area contributed by atoms with Gasteiger partial charge in [0.05, 0.1) is 6.26 Å². The first-order valence-electron chi connectivity index (χ1n) is 6.68. The zero-order valence-electron chi connectivity index (χ0n) is 11.2. The quantitative estimate of drug-likeness (QED) is 0.854. The summed E-state index contributed by atoms with van der Waals surface area (Å²) in [6.07, 6.45) is 1.64. The first kappa shape index (κ1) is 12.6. The molecule has 0 radical (unpaired) electrons. The molecule has 2 aromatic rings. The van der Waals surface area contributed by atoms with E-state index in [1.165, 1.54) is 0 Å². The average molecular weight is 303 g/mol. The van der Waals surface area contributed by atoms with Crippen molar-refractivity contribution in [3.63, 3.8) is 0 Å². The van der Waals surface area contributed by atoms with Crippen molar-refractivity contribution in [2.24, 2.45) is 0 Å². The Bertz CT molecular complexity index is 670. The SMILES string of the molecule is O=C(c1ccc2c(c1)OCO2)N1CCSC1c1ccco1. The molecule has 6 heteroatoms. The third kappa shape index (κ3) is 2.15. The summed E-state index contributed by atoms with van der Waals surface area (Å²) in [5.74, 6) is 3.01. The van der Waals surface area contributed by atoms with Crippen LogP contribution in [0.5, 0.6) is 11.5 Å². The van der Waals surface area contributed by atoms with Gasteiger partial charge in [-0.1, -0.05) is 0 Å². The topological polar surface area (TPSA) is 51.9 Å². The third-order valence-corrected chi connectivity index (χ3v) is 4.78. The van der Waals surface area contributed by atoms with Gasteiger partial charge < -0.3 is 18.8 Å². The fourth-order valence-electron chi connectivity index (χ4n) is 2.54. The second-order valence-corrected chi connectivity index (χ2v) is 5.99. The first-order chi connectivity index (χ1) is 10.3. The highest BCUT2D eigenvalue weighted by Crippen LogP contribution is 2.40. The number of hydrogen-bond acceptors (Lipinski definition) is 5. The third-order valence-electron chi connectivity index (χ3n) is 3.56.